The first-order valence-corrected chi connectivity index (χ1v) is 10.4. The molecule has 3 aromatic heterocycles. The zero-order valence-corrected chi connectivity index (χ0v) is 15.6. The van der Waals surface area contributed by atoms with Crippen molar-refractivity contribution in [3.63, 3.8) is 0 Å². The van der Waals surface area contributed by atoms with Crippen molar-refractivity contribution in [3.8, 4) is 21.3 Å². The van der Waals surface area contributed by atoms with Gasteiger partial charge < -0.3 is 5.21 Å². The maximum atomic E-state index is 12.0. The minimum atomic E-state index is -3.54. The minimum Gasteiger partial charge on any atom is -0.411 e. The summed E-state index contributed by atoms with van der Waals surface area (Å²) in [6.07, 6.45) is 6.30. The fourth-order valence-corrected chi connectivity index (χ4v) is 4.33. The molecule has 0 atom stereocenters. The molecule has 0 bridgehead atoms. The van der Waals surface area contributed by atoms with Crippen LogP contribution in [0.3, 0.4) is 0 Å². The molecule has 0 fully saturated rings. The van der Waals surface area contributed by atoms with Gasteiger partial charge in [-0.1, -0.05) is 5.16 Å². The van der Waals surface area contributed by atoms with E-state index >= 15 is 0 Å². The summed E-state index contributed by atoms with van der Waals surface area (Å²) in [6.45, 7) is 0.118. The van der Waals surface area contributed by atoms with Crippen LogP contribution in [0.1, 0.15) is 12.1 Å². The fourth-order valence-electron chi connectivity index (χ4n) is 2.64. The highest BCUT2D eigenvalue weighted by molar-refractivity contribution is 7.92. The van der Waals surface area contributed by atoms with Gasteiger partial charge in [-0.25, -0.2) is 18.4 Å². The Balaban J connectivity index is 1.78. The first kappa shape index (κ1) is 17.4. The lowest BCUT2D eigenvalue weighted by atomic mass is 10.1. The maximum absolute atomic E-state index is 12.0. The Morgan fingerprint density at radius 1 is 1.30 bits per heavy atom. The second kappa shape index (κ2) is 6.63. The smallest absolute Gasteiger partial charge is 0.233 e. The lowest BCUT2D eigenvalue weighted by Crippen LogP contribution is -2.38. The Morgan fingerprint density at radius 3 is 2.85 bits per heavy atom. The molecule has 12 heteroatoms. The van der Waals surface area contributed by atoms with Gasteiger partial charge in [0.15, 0.2) is 11.6 Å². The number of pyridine rings is 1. The first-order chi connectivity index (χ1) is 13.0. The SMILES string of the molecule is CS(=O)(=O)N1CC/C(=N\O)c2nc(-c3cnc(-c4cccnc4)s3)nnc21. The van der Waals surface area contributed by atoms with Gasteiger partial charge in [0.1, 0.15) is 16.4 Å². The second-order valence-corrected chi connectivity index (χ2v) is 8.65. The number of hydrogen-bond acceptors (Lipinski definition) is 10. The summed E-state index contributed by atoms with van der Waals surface area (Å²) in [5.41, 5.74) is 1.31. The van der Waals surface area contributed by atoms with E-state index in [9.17, 15) is 13.6 Å². The molecule has 4 rings (SSSR count). The first-order valence-electron chi connectivity index (χ1n) is 7.77. The normalized spacial score (nSPS) is 15.7. The van der Waals surface area contributed by atoms with Crippen LogP contribution in [0.4, 0.5) is 5.82 Å². The molecular formula is C15H13N7O3S2. The quantitative estimate of drug-likeness (QED) is 0.512. The fraction of sp³-hybridized carbons (Fsp3) is 0.200. The Hall–Kier alpha value is -2.99. The summed E-state index contributed by atoms with van der Waals surface area (Å²) in [5, 5.41) is 21.3. The molecule has 0 unspecified atom stereocenters. The molecule has 10 nitrogen and oxygen atoms in total. The summed E-state index contributed by atoms with van der Waals surface area (Å²) in [7, 11) is -3.54. The largest absolute Gasteiger partial charge is 0.411 e. The molecule has 1 N–H and O–H groups in total. The Labute approximate surface area is 158 Å². The predicted octanol–water partition coefficient (Wildman–Crippen LogP) is 1.41. The summed E-state index contributed by atoms with van der Waals surface area (Å²) < 4.78 is 25.1. The third-order valence-electron chi connectivity index (χ3n) is 3.89. The number of sulfonamides is 1. The maximum Gasteiger partial charge on any atom is 0.233 e. The summed E-state index contributed by atoms with van der Waals surface area (Å²) >= 11 is 1.35. The predicted molar refractivity (Wildman–Crippen MR) is 99.3 cm³/mol. The second-order valence-electron chi connectivity index (χ2n) is 5.71. The van der Waals surface area contributed by atoms with Gasteiger partial charge in [-0.05, 0) is 12.1 Å². The number of nitrogens with zero attached hydrogens (tertiary/aromatic N) is 7. The molecule has 27 heavy (non-hydrogen) atoms. The standard InChI is InChI=1S/C15H13N7O3S2/c1-27(24,25)22-6-4-10(21-23)12-14(22)20-19-13(18-12)11-8-17-15(26-11)9-3-2-5-16-7-9/h2-3,5,7-8,23H,4,6H2,1H3/b21-10+. The van der Waals surface area contributed by atoms with Crippen molar-refractivity contribution in [2.45, 2.75) is 6.42 Å². The van der Waals surface area contributed by atoms with Crippen LogP contribution in [0.25, 0.3) is 21.3 Å². The average molecular weight is 403 g/mol. The minimum absolute atomic E-state index is 0.0531. The summed E-state index contributed by atoms with van der Waals surface area (Å²) in [4.78, 5) is 13.5. The Bertz CT molecular complexity index is 1130. The van der Waals surface area contributed by atoms with Crippen LogP contribution < -0.4 is 4.31 Å². The molecule has 3 aromatic rings. The average Bonchev–Trinajstić information content (AvgIpc) is 3.17. The molecule has 4 heterocycles. The van der Waals surface area contributed by atoms with Gasteiger partial charge in [0.25, 0.3) is 0 Å². The molecule has 138 valence electrons. The van der Waals surface area contributed by atoms with Crippen molar-refractivity contribution in [3.05, 3.63) is 36.4 Å². The van der Waals surface area contributed by atoms with E-state index in [4.69, 9.17) is 0 Å². The zero-order chi connectivity index (χ0) is 19.0. The van der Waals surface area contributed by atoms with Gasteiger partial charge in [-0.2, -0.15) is 0 Å². The molecule has 0 spiro atoms. The zero-order valence-electron chi connectivity index (χ0n) is 14.0. The van der Waals surface area contributed by atoms with Crippen molar-refractivity contribution in [1.82, 2.24) is 25.1 Å². The van der Waals surface area contributed by atoms with Gasteiger partial charge in [0.2, 0.25) is 10.0 Å². The van der Waals surface area contributed by atoms with E-state index < -0.39 is 10.0 Å². The number of oxime groups is 1. The summed E-state index contributed by atoms with van der Waals surface area (Å²) in [5.74, 6) is 0.329. The highest BCUT2D eigenvalue weighted by Crippen LogP contribution is 2.32. The monoisotopic (exact) mass is 403 g/mol. The van der Waals surface area contributed by atoms with E-state index in [-0.39, 0.29) is 36.0 Å². The van der Waals surface area contributed by atoms with Crippen molar-refractivity contribution in [1.29, 1.82) is 0 Å². The van der Waals surface area contributed by atoms with Crippen LogP contribution in [0.5, 0.6) is 0 Å². The van der Waals surface area contributed by atoms with Gasteiger partial charge in [0.05, 0.1) is 11.1 Å². The highest BCUT2D eigenvalue weighted by atomic mass is 32.2. The molecule has 1 aliphatic rings. The van der Waals surface area contributed by atoms with Crippen molar-refractivity contribution < 1.29 is 13.6 Å². The third-order valence-corrected chi connectivity index (χ3v) is 6.08. The number of hydrogen-bond donors (Lipinski definition) is 1. The molecule has 0 aromatic carbocycles. The summed E-state index contributed by atoms with van der Waals surface area (Å²) in [6, 6.07) is 3.71. The molecular weight excluding hydrogens is 390 g/mol. The number of fused-ring (bicyclic) bond motifs is 1. The molecule has 0 radical (unpaired) electrons. The Kier molecular flexibility index (Phi) is 4.28. The molecule has 1 aliphatic heterocycles. The Morgan fingerprint density at radius 2 is 2.15 bits per heavy atom. The number of anilines is 1. The van der Waals surface area contributed by atoms with E-state index in [1.807, 2.05) is 12.1 Å². The lowest BCUT2D eigenvalue weighted by molar-refractivity contribution is 0.317. The van der Waals surface area contributed by atoms with Crippen molar-refractivity contribution in [2.24, 2.45) is 5.16 Å². The number of rotatable bonds is 3. The van der Waals surface area contributed by atoms with Crippen LogP contribution >= 0.6 is 11.3 Å². The van der Waals surface area contributed by atoms with Gasteiger partial charge in [0, 0.05) is 37.1 Å². The number of thiazole rings is 1. The number of aromatic nitrogens is 5. The van der Waals surface area contributed by atoms with Crippen LogP contribution in [-0.4, -0.2) is 57.3 Å². The van der Waals surface area contributed by atoms with E-state index in [2.05, 4.69) is 30.3 Å². The van der Waals surface area contributed by atoms with Crippen molar-refractivity contribution >= 4 is 32.9 Å². The van der Waals surface area contributed by atoms with E-state index in [0.29, 0.717) is 4.88 Å². The van der Waals surface area contributed by atoms with Crippen LogP contribution in [-0.2, 0) is 10.0 Å². The van der Waals surface area contributed by atoms with Crippen LogP contribution in [0.2, 0.25) is 0 Å². The van der Waals surface area contributed by atoms with Crippen molar-refractivity contribution in [2.75, 3.05) is 17.1 Å². The molecule has 0 saturated carbocycles. The van der Waals surface area contributed by atoms with E-state index in [1.165, 1.54) is 11.3 Å². The van der Waals surface area contributed by atoms with Gasteiger partial charge in [-0.15, -0.1) is 21.5 Å². The lowest BCUT2D eigenvalue weighted by Gasteiger charge is -2.26. The van der Waals surface area contributed by atoms with Crippen LogP contribution in [0, 0.1) is 0 Å². The molecule has 0 aliphatic carbocycles. The van der Waals surface area contributed by atoms with Crippen LogP contribution in [0.15, 0.2) is 35.9 Å². The van der Waals surface area contributed by atoms with E-state index in [1.54, 1.807) is 18.6 Å². The van der Waals surface area contributed by atoms with E-state index in [0.717, 1.165) is 21.1 Å². The topological polar surface area (TPSA) is 134 Å². The highest BCUT2D eigenvalue weighted by Gasteiger charge is 2.31. The van der Waals surface area contributed by atoms with Gasteiger partial charge in [-0.3, -0.25) is 9.29 Å². The molecule has 0 saturated heterocycles. The molecule has 0 amide bonds. The third kappa shape index (κ3) is 3.24. The van der Waals surface area contributed by atoms with Gasteiger partial charge >= 0.3 is 0 Å².